The van der Waals surface area contributed by atoms with E-state index < -0.39 is 0 Å². The summed E-state index contributed by atoms with van der Waals surface area (Å²) in [6.45, 7) is 0. The summed E-state index contributed by atoms with van der Waals surface area (Å²) in [5.74, 6) is -0.511. The largest absolute Gasteiger partial charge is 0.287 e. The zero-order chi connectivity index (χ0) is 21.3. The Bertz CT molecular complexity index is 1210. The Hall–Kier alpha value is -2.35. The highest BCUT2D eigenvalue weighted by Crippen LogP contribution is 2.32. The maximum atomic E-state index is 13.3. The minimum Gasteiger partial charge on any atom is -0.287 e. The van der Waals surface area contributed by atoms with Crippen LogP contribution in [0.3, 0.4) is 0 Å². The van der Waals surface area contributed by atoms with Crippen molar-refractivity contribution in [3.63, 3.8) is 0 Å². The van der Waals surface area contributed by atoms with Gasteiger partial charge in [0.05, 0.1) is 0 Å². The summed E-state index contributed by atoms with van der Waals surface area (Å²) >= 11 is 10.3. The fourth-order valence-corrected chi connectivity index (χ4v) is 4.33. The second-order valence-electron chi connectivity index (χ2n) is 6.51. The summed E-state index contributed by atoms with van der Waals surface area (Å²) in [6.07, 6.45) is 0. The fraction of sp³-hybridized carbons (Fsp3) is 0. The molecule has 0 radical (unpaired) electrons. The molecule has 7 heteroatoms. The molecule has 4 nitrogen and oxygen atoms in total. The number of halogens is 3. The first kappa shape index (κ1) is 20.9. The van der Waals surface area contributed by atoms with Crippen LogP contribution in [0.5, 0.6) is 0 Å². The van der Waals surface area contributed by atoms with E-state index in [-0.39, 0.29) is 23.0 Å². The van der Waals surface area contributed by atoms with Crippen LogP contribution >= 0.6 is 47.8 Å². The molecule has 0 fully saturated rings. The number of carbonyl (C=O) groups is 2. The van der Waals surface area contributed by atoms with Crippen molar-refractivity contribution >= 4 is 59.4 Å². The highest BCUT2D eigenvalue weighted by atomic mass is 79.9. The van der Waals surface area contributed by atoms with Gasteiger partial charge in [0.2, 0.25) is 11.6 Å². The van der Waals surface area contributed by atoms with Gasteiger partial charge in [-0.15, -0.1) is 0 Å². The first-order valence-electron chi connectivity index (χ1n) is 8.89. The van der Waals surface area contributed by atoms with E-state index in [0.717, 1.165) is 19.0 Å². The summed E-state index contributed by atoms with van der Waals surface area (Å²) in [4.78, 5) is 26.6. The van der Waals surface area contributed by atoms with Crippen LogP contribution < -0.4 is 0 Å². The first-order chi connectivity index (χ1) is 14.4. The number of H-pyrrole nitrogens is 1. The van der Waals surface area contributed by atoms with Gasteiger partial charge in [0.15, 0.2) is 0 Å². The van der Waals surface area contributed by atoms with E-state index in [2.05, 4.69) is 58.0 Å². The van der Waals surface area contributed by atoms with Crippen molar-refractivity contribution in [3.05, 3.63) is 109 Å². The van der Waals surface area contributed by atoms with Crippen LogP contribution in [0.1, 0.15) is 32.1 Å². The maximum Gasteiger partial charge on any atom is 0.213 e. The van der Waals surface area contributed by atoms with Crippen molar-refractivity contribution in [2.45, 2.75) is 0 Å². The Morgan fingerprint density at radius 1 is 0.700 bits per heavy atom. The molecule has 0 aliphatic heterocycles. The van der Waals surface area contributed by atoms with E-state index in [1.165, 1.54) is 0 Å². The Kier molecular flexibility index (Phi) is 6.13. The SMILES string of the molecule is O=C(c1cccc(Br)c1)c1n[nH]c(C(=O)c2cccc(Br)c2)c1-c1cccc(Br)c1. The zero-order valence-corrected chi connectivity index (χ0v) is 20.1. The molecule has 0 aliphatic rings. The highest BCUT2D eigenvalue weighted by Gasteiger charge is 2.26. The topological polar surface area (TPSA) is 62.8 Å². The average Bonchev–Trinajstić information content (AvgIpc) is 3.17. The molecular formula is C23H13Br3N2O2. The number of carbonyl (C=O) groups excluding carboxylic acids is 2. The second kappa shape index (κ2) is 8.79. The Labute approximate surface area is 198 Å². The van der Waals surface area contributed by atoms with Crippen molar-refractivity contribution in [3.8, 4) is 11.1 Å². The average molecular weight is 589 g/mol. The number of hydrogen-bond donors (Lipinski definition) is 1. The van der Waals surface area contributed by atoms with Crippen LogP contribution in [-0.2, 0) is 0 Å². The van der Waals surface area contributed by atoms with Gasteiger partial charge < -0.3 is 0 Å². The third kappa shape index (κ3) is 4.24. The lowest BCUT2D eigenvalue weighted by Crippen LogP contribution is -2.06. The monoisotopic (exact) mass is 586 g/mol. The summed E-state index contributed by atoms with van der Waals surface area (Å²) in [6, 6.07) is 21.7. The van der Waals surface area contributed by atoms with Gasteiger partial charge in [-0.05, 0) is 42.0 Å². The van der Waals surface area contributed by atoms with E-state index in [1.807, 2.05) is 36.4 Å². The summed E-state index contributed by atoms with van der Waals surface area (Å²) in [5.41, 5.74) is 2.63. The van der Waals surface area contributed by atoms with Crippen LogP contribution in [0.4, 0.5) is 0 Å². The lowest BCUT2D eigenvalue weighted by molar-refractivity contribution is 0.102. The van der Waals surface area contributed by atoms with Gasteiger partial charge in [-0.3, -0.25) is 14.7 Å². The molecule has 0 amide bonds. The lowest BCUT2D eigenvalue weighted by Gasteiger charge is -2.07. The number of rotatable bonds is 5. The Balaban J connectivity index is 1.90. The lowest BCUT2D eigenvalue weighted by atomic mass is 9.95. The van der Waals surface area contributed by atoms with Crippen molar-refractivity contribution in [2.75, 3.05) is 0 Å². The number of ketones is 2. The molecule has 0 aliphatic carbocycles. The maximum absolute atomic E-state index is 13.3. The summed E-state index contributed by atoms with van der Waals surface area (Å²) < 4.78 is 2.42. The molecule has 1 N–H and O–H groups in total. The van der Waals surface area contributed by atoms with Gasteiger partial charge in [-0.1, -0.05) is 84.2 Å². The summed E-state index contributed by atoms with van der Waals surface area (Å²) in [5, 5.41) is 7.07. The van der Waals surface area contributed by atoms with E-state index in [1.54, 1.807) is 36.4 Å². The van der Waals surface area contributed by atoms with Crippen LogP contribution in [0.25, 0.3) is 11.1 Å². The molecule has 0 spiro atoms. The van der Waals surface area contributed by atoms with Gasteiger partial charge >= 0.3 is 0 Å². The molecule has 30 heavy (non-hydrogen) atoms. The molecule has 0 unspecified atom stereocenters. The Morgan fingerprint density at radius 2 is 1.23 bits per heavy atom. The van der Waals surface area contributed by atoms with Gasteiger partial charge in [-0.2, -0.15) is 5.10 Å². The molecule has 4 rings (SSSR count). The quantitative estimate of drug-likeness (QED) is 0.260. The Morgan fingerprint density at radius 3 is 1.80 bits per heavy atom. The third-order valence-electron chi connectivity index (χ3n) is 4.50. The minimum atomic E-state index is -0.268. The van der Waals surface area contributed by atoms with Crippen LogP contribution in [0.15, 0.2) is 86.2 Å². The molecule has 3 aromatic carbocycles. The number of aromatic nitrogens is 2. The van der Waals surface area contributed by atoms with Crippen LogP contribution in [-0.4, -0.2) is 21.8 Å². The van der Waals surface area contributed by atoms with Crippen molar-refractivity contribution in [2.24, 2.45) is 0 Å². The van der Waals surface area contributed by atoms with Crippen LogP contribution in [0, 0.1) is 0 Å². The van der Waals surface area contributed by atoms with E-state index in [4.69, 9.17) is 0 Å². The standard InChI is InChI=1S/C23H13Br3N2O2/c24-16-7-1-4-13(10-16)19-20(22(29)14-5-2-8-17(25)11-14)27-28-21(19)23(30)15-6-3-9-18(26)12-15/h1-12H,(H,27,28). The van der Waals surface area contributed by atoms with Crippen molar-refractivity contribution < 1.29 is 9.59 Å². The van der Waals surface area contributed by atoms with E-state index in [9.17, 15) is 9.59 Å². The number of nitrogens with one attached hydrogen (secondary N) is 1. The number of hydrogen-bond acceptors (Lipinski definition) is 3. The number of aromatic amines is 1. The van der Waals surface area contributed by atoms with Gasteiger partial charge in [0.25, 0.3) is 0 Å². The molecule has 0 bridgehead atoms. The minimum absolute atomic E-state index is 0.199. The van der Waals surface area contributed by atoms with E-state index >= 15 is 0 Å². The number of nitrogens with zero attached hydrogens (tertiary/aromatic N) is 1. The van der Waals surface area contributed by atoms with E-state index in [0.29, 0.717) is 16.7 Å². The third-order valence-corrected chi connectivity index (χ3v) is 5.98. The molecule has 0 atom stereocenters. The first-order valence-corrected chi connectivity index (χ1v) is 11.3. The summed E-state index contributed by atoms with van der Waals surface area (Å²) in [7, 11) is 0. The highest BCUT2D eigenvalue weighted by molar-refractivity contribution is 9.11. The van der Waals surface area contributed by atoms with Gasteiger partial charge in [0.1, 0.15) is 11.4 Å². The zero-order valence-electron chi connectivity index (χ0n) is 15.3. The van der Waals surface area contributed by atoms with Crippen molar-refractivity contribution in [1.29, 1.82) is 0 Å². The molecule has 1 heterocycles. The predicted molar refractivity (Wildman–Crippen MR) is 127 cm³/mol. The fourth-order valence-electron chi connectivity index (χ4n) is 3.14. The smallest absolute Gasteiger partial charge is 0.213 e. The number of benzene rings is 3. The van der Waals surface area contributed by atoms with Crippen LogP contribution in [0.2, 0.25) is 0 Å². The molecular weight excluding hydrogens is 576 g/mol. The van der Waals surface area contributed by atoms with Gasteiger partial charge in [-0.25, -0.2) is 0 Å². The molecule has 0 saturated heterocycles. The molecule has 1 aromatic heterocycles. The van der Waals surface area contributed by atoms with Crippen molar-refractivity contribution in [1.82, 2.24) is 10.2 Å². The normalized spacial score (nSPS) is 10.8. The molecule has 148 valence electrons. The predicted octanol–water partition coefficient (Wildman–Crippen LogP) is 6.83. The molecule has 4 aromatic rings. The van der Waals surface area contributed by atoms with Gasteiger partial charge in [0, 0.05) is 30.1 Å². The molecule has 0 saturated carbocycles. The second-order valence-corrected chi connectivity index (χ2v) is 9.26.